The molecule has 4 nitrogen and oxygen atoms in total. The van der Waals surface area contributed by atoms with Gasteiger partial charge in [-0.15, -0.1) is 34.0 Å². The molecule has 0 saturated carbocycles. The highest BCUT2D eigenvalue weighted by atomic mass is 79.9. The molecule has 1 N–H and O–H groups in total. The van der Waals surface area contributed by atoms with Crippen molar-refractivity contribution in [1.29, 1.82) is 0 Å². The zero-order chi connectivity index (χ0) is 15.4. The van der Waals surface area contributed by atoms with Gasteiger partial charge in [-0.25, -0.2) is 4.98 Å². The number of aromatic nitrogens is 2. The second-order valence-corrected chi connectivity index (χ2v) is 6.01. The molecule has 2 heterocycles. The average molecular weight is 459 g/mol. The van der Waals surface area contributed by atoms with Gasteiger partial charge >= 0.3 is 0 Å². The third-order valence-electron chi connectivity index (χ3n) is 4.53. The van der Waals surface area contributed by atoms with Crippen molar-refractivity contribution in [2.75, 3.05) is 13.1 Å². The Morgan fingerprint density at radius 3 is 2.67 bits per heavy atom. The van der Waals surface area contributed by atoms with Crippen molar-refractivity contribution in [2.24, 2.45) is 5.92 Å². The first-order valence-electron chi connectivity index (χ1n) is 8.06. The average Bonchev–Trinajstić information content (AvgIpc) is 3.03. The Morgan fingerprint density at radius 2 is 1.96 bits per heavy atom. The Morgan fingerprint density at radius 1 is 1.25 bits per heavy atom. The van der Waals surface area contributed by atoms with E-state index >= 15 is 0 Å². The van der Waals surface area contributed by atoms with Crippen molar-refractivity contribution in [3.05, 3.63) is 53.6 Å². The van der Waals surface area contributed by atoms with Crippen molar-refractivity contribution >= 4 is 39.7 Å². The molecule has 0 spiro atoms. The van der Waals surface area contributed by atoms with Crippen LogP contribution in [0.4, 0.5) is 0 Å². The first-order valence-corrected chi connectivity index (χ1v) is 8.06. The van der Waals surface area contributed by atoms with E-state index in [1.165, 1.54) is 11.1 Å². The highest BCUT2D eigenvalue weighted by Gasteiger charge is 2.25. The summed E-state index contributed by atoms with van der Waals surface area (Å²) < 4.78 is 2.01. The van der Waals surface area contributed by atoms with E-state index in [1.807, 2.05) is 10.8 Å². The van der Waals surface area contributed by atoms with Gasteiger partial charge in [0.15, 0.2) is 5.82 Å². The van der Waals surface area contributed by atoms with E-state index in [4.69, 9.17) is 0 Å². The number of carbonyl (C=O) groups excluding carboxylic acids is 1. The number of benzene rings is 1. The number of rotatable bonds is 5. The molecule has 0 aliphatic carbocycles. The Hall–Kier alpha value is -0.980. The maximum atomic E-state index is 12.6. The molecule has 1 aromatic carbocycles. The van der Waals surface area contributed by atoms with Crippen LogP contribution in [0.15, 0.2) is 36.7 Å². The lowest BCUT2D eigenvalue weighted by Gasteiger charge is -2.21. The Bertz CT molecular complexity index is 651. The number of nitrogens with one attached hydrogen (secondary N) is 1. The molecule has 1 fully saturated rings. The van der Waals surface area contributed by atoms with Crippen molar-refractivity contribution in [1.82, 2.24) is 14.9 Å². The smallest absolute Gasteiger partial charge is 0.201 e. The first kappa shape index (κ1) is 21.1. The molecular formula is C18H25Br2N3O. The van der Waals surface area contributed by atoms with Gasteiger partial charge in [-0.3, -0.25) is 4.79 Å². The number of halogens is 2. The molecule has 0 radical (unpaired) electrons. The van der Waals surface area contributed by atoms with E-state index < -0.39 is 0 Å². The number of carbonyl (C=O) groups is 1. The van der Waals surface area contributed by atoms with E-state index in [0.29, 0.717) is 5.82 Å². The van der Waals surface area contributed by atoms with E-state index in [2.05, 4.69) is 41.5 Å². The van der Waals surface area contributed by atoms with Crippen molar-refractivity contribution < 1.29 is 4.79 Å². The van der Waals surface area contributed by atoms with Crippen molar-refractivity contribution in [2.45, 2.75) is 32.7 Å². The minimum Gasteiger partial charge on any atom is -0.328 e. The lowest BCUT2D eigenvalue weighted by molar-refractivity contribution is 0.0879. The summed E-state index contributed by atoms with van der Waals surface area (Å²) in [6.07, 6.45) is 6.43. The molecule has 1 aliphatic heterocycles. The molecule has 0 atom stereocenters. The van der Waals surface area contributed by atoms with Gasteiger partial charge in [-0.2, -0.15) is 0 Å². The highest BCUT2D eigenvalue weighted by molar-refractivity contribution is 8.93. The number of nitrogens with zero attached hydrogens (tertiary/aromatic N) is 2. The standard InChI is InChI=1S/C18H23N3O.2BrH/c1-14-4-2-3-5-15(14)8-12-21-13-11-20-18(21)17(22)16-6-9-19-10-7-16;;/h2-5,11,13,16,19H,6-10,12H2,1H3;2*1H. The number of imidazole rings is 1. The van der Waals surface area contributed by atoms with Gasteiger partial charge in [0.05, 0.1) is 0 Å². The molecular weight excluding hydrogens is 434 g/mol. The maximum Gasteiger partial charge on any atom is 0.201 e. The molecule has 24 heavy (non-hydrogen) atoms. The second kappa shape index (κ2) is 10.1. The summed E-state index contributed by atoms with van der Waals surface area (Å²) in [6, 6.07) is 8.41. The molecule has 1 aliphatic rings. The normalized spacial score (nSPS) is 14.5. The Balaban J connectivity index is 0.00000144. The van der Waals surface area contributed by atoms with Crippen LogP contribution in [0, 0.1) is 12.8 Å². The first-order chi connectivity index (χ1) is 10.8. The Labute approximate surface area is 164 Å². The fourth-order valence-corrected chi connectivity index (χ4v) is 3.11. The van der Waals surface area contributed by atoms with E-state index in [-0.39, 0.29) is 45.7 Å². The van der Waals surface area contributed by atoms with E-state index in [9.17, 15) is 4.79 Å². The Kier molecular flexibility index (Phi) is 8.87. The van der Waals surface area contributed by atoms with Crippen LogP contribution in [0.5, 0.6) is 0 Å². The fraction of sp³-hybridized carbons (Fsp3) is 0.444. The van der Waals surface area contributed by atoms with Crippen LogP contribution in [0.2, 0.25) is 0 Å². The van der Waals surface area contributed by atoms with E-state index in [0.717, 1.165) is 38.9 Å². The number of hydrogen-bond donors (Lipinski definition) is 1. The molecule has 6 heteroatoms. The summed E-state index contributed by atoms with van der Waals surface area (Å²) in [4.78, 5) is 17.0. The molecule has 132 valence electrons. The lowest BCUT2D eigenvalue weighted by atomic mass is 9.93. The van der Waals surface area contributed by atoms with Gasteiger partial charge in [0, 0.05) is 24.9 Å². The third kappa shape index (κ3) is 5.01. The quantitative estimate of drug-likeness (QED) is 0.693. The van der Waals surface area contributed by atoms with Gasteiger partial charge in [0.1, 0.15) is 0 Å². The minimum absolute atomic E-state index is 0. The number of hydrogen-bond acceptors (Lipinski definition) is 3. The molecule has 2 aromatic rings. The zero-order valence-corrected chi connectivity index (χ0v) is 17.3. The molecule has 0 unspecified atom stereocenters. The third-order valence-corrected chi connectivity index (χ3v) is 4.53. The zero-order valence-electron chi connectivity index (χ0n) is 13.9. The van der Waals surface area contributed by atoms with Crippen LogP contribution >= 0.6 is 34.0 Å². The van der Waals surface area contributed by atoms with Crippen LogP contribution in [0.25, 0.3) is 0 Å². The summed E-state index contributed by atoms with van der Waals surface area (Å²) in [5, 5.41) is 3.30. The largest absolute Gasteiger partial charge is 0.328 e. The maximum absolute atomic E-state index is 12.6. The van der Waals surface area contributed by atoms with Gasteiger partial charge in [0.2, 0.25) is 5.78 Å². The van der Waals surface area contributed by atoms with E-state index in [1.54, 1.807) is 6.20 Å². The summed E-state index contributed by atoms with van der Waals surface area (Å²) in [7, 11) is 0. The molecule has 1 aromatic heterocycles. The number of piperidine rings is 1. The lowest BCUT2D eigenvalue weighted by Crippen LogP contribution is -2.33. The molecule has 0 bridgehead atoms. The van der Waals surface area contributed by atoms with Crippen LogP contribution in [-0.4, -0.2) is 28.4 Å². The van der Waals surface area contributed by atoms with Gasteiger partial charge in [0.25, 0.3) is 0 Å². The van der Waals surface area contributed by atoms with Gasteiger partial charge in [-0.05, 0) is 50.4 Å². The molecule has 1 saturated heterocycles. The minimum atomic E-state index is 0. The highest BCUT2D eigenvalue weighted by Crippen LogP contribution is 2.18. The second-order valence-electron chi connectivity index (χ2n) is 6.01. The van der Waals surface area contributed by atoms with Crippen molar-refractivity contribution in [3.8, 4) is 0 Å². The van der Waals surface area contributed by atoms with Gasteiger partial charge < -0.3 is 9.88 Å². The van der Waals surface area contributed by atoms with Crippen LogP contribution in [0.3, 0.4) is 0 Å². The van der Waals surface area contributed by atoms with Crippen LogP contribution in [-0.2, 0) is 13.0 Å². The number of Topliss-reactive ketones (excluding diaryl/α,β-unsaturated/α-hetero) is 1. The van der Waals surface area contributed by atoms with Crippen LogP contribution in [0.1, 0.15) is 34.6 Å². The topological polar surface area (TPSA) is 46.9 Å². The van der Waals surface area contributed by atoms with Crippen LogP contribution < -0.4 is 5.32 Å². The summed E-state index contributed by atoms with van der Waals surface area (Å²) in [6.45, 7) is 4.79. The summed E-state index contributed by atoms with van der Waals surface area (Å²) in [5.41, 5.74) is 2.63. The predicted molar refractivity (Wildman–Crippen MR) is 108 cm³/mol. The number of ketones is 1. The predicted octanol–water partition coefficient (Wildman–Crippen LogP) is 3.77. The monoisotopic (exact) mass is 457 g/mol. The summed E-state index contributed by atoms with van der Waals surface area (Å²) in [5.74, 6) is 0.956. The molecule has 0 amide bonds. The summed E-state index contributed by atoms with van der Waals surface area (Å²) >= 11 is 0. The fourth-order valence-electron chi connectivity index (χ4n) is 3.11. The number of aryl methyl sites for hydroxylation is 3. The molecule has 3 rings (SSSR count). The van der Waals surface area contributed by atoms with Gasteiger partial charge in [-0.1, -0.05) is 24.3 Å². The SMILES string of the molecule is Br.Br.Cc1ccccc1CCn1ccnc1C(=O)C1CCNCC1. The van der Waals surface area contributed by atoms with Crippen molar-refractivity contribution in [3.63, 3.8) is 0 Å².